The molecule has 136 valence electrons. The van der Waals surface area contributed by atoms with Crippen molar-refractivity contribution < 1.29 is 18.6 Å². The van der Waals surface area contributed by atoms with E-state index in [1.807, 2.05) is 33.8 Å². The summed E-state index contributed by atoms with van der Waals surface area (Å²) in [5.41, 5.74) is -0.166. The van der Waals surface area contributed by atoms with Gasteiger partial charge >= 0.3 is 7.12 Å². The van der Waals surface area contributed by atoms with Crippen LogP contribution in [0, 0.1) is 0 Å². The summed E-state index contributed by atoms with van der Waals surface area (Å²) >= 11 is 0. The van der Waals surface area contributed by atoms with Crippen molar-refractivity contribution in [1.82, 2.24) is 4.98 Å². The van der Waals surface area contributed by atoms with Crippen LogP contribution in [-0.2, 0) is 25.7 Å². The molecular weight excluding hydrogens is 337 g/mol. The highest BCUT2D eigenvalue weighted by molar-refractivity contribution is 7.86. The molecule has 2 bridgehead atoms. The van der Waals surface area contributed by atoms with Crippen LogP contribution in [0.4, 0.5) is 0 Å². The number of nitrogens with zero attached hydrogens (tertiary/aromatic N) is 1. The van der Waals surface area contributed by atoms with Crippen molar-refractivity contribution in [3.8, 4) is 0 Å². The summed E-state index contributed by atoms with van der Waals surface area (Å²) in [6, 6.07) is 1.95. The van der Waals surface area contributed by atoms with Crippen LogP contribution in [0.2, 0.25) is 0 Å². The van der Waals surface area contributed by atoms with Crippen molar-refractivity contribution in [2.24, 2.45) is 0 Å². The van der Waals surface area contributed by atoms with Crippen LogP contribution in [0.25, 0.3) is 0 Å². The van der Waals surface area contributed by atoms with Crippen molar-refractivity contribution in [3.63, 3.8) is 0 Å². The van der Waals surface area contributed by atoms with Crippen LogP contribution in [0.3, 0.4) is 0 Å². The second-order valence-electron chi connectivity index (χ2n) is 8.68. The van der Waals surface area contributed by atoms with Gasteiger partial charge in [0.15, 0.2) is 0 Å². The largest absolute Gasteiger partial charge is 0.496 e. The standard InChI is InChI=1S/C18H26BNO4S/c1-16(2)17(3,4)24-19(23-16)13-7-12(10-20-11-13)18(21)8-14-5-6-15(9-18)25(14)22/h7,10-11,14-15,21H,5-6,8-9H2,1-4H3. The molecule has 25 heavy (non-hydrogen) atoms. The maximum absolute atomic E-state index is 12.3. The Morgan fingerprint density at radius 1 is 1.12 bits per heavy atom. The summed E-state index contributed by atoms with van der Waals surface area (Å²) in [6.07, 6.45) is 6.45. The molecule has 0 spiro atoms. The van der Waals surface area contributed by atoms with E-state index in [0.717, 1.165) is 23.9 Å². The summed E-state index contributed by atoms with van der Waals surface area (Å²) in [4.78, 5) is 4.34. The zero-order valence-corrected chi connectivity index (χ0v) is 16.1. The molecule has 4 heterocycles. The first-order valence-corrected chi connectivity index (χ1v) is 10.3. The van der Waals surface area contributed by atoms with Crippen molar-refractivity contribution in [3.05, 3.63) is 24.0 Å². The Balaban J connectivity index is 1.62. The van der Waals surface area contributed by atoms with Crippen LogP contribution in [0.5, 0.6) is 0 Å². The molecule has 3 aliphatic rings. The molecule has 2 atom stereocenters. The minimum atomic E-state index is -0.952. The molecule has 5 nitrogen and oxygen atoms in total. The van der Waals surface area contributed by atoms with Crippen LogP contribution >= 0.6 is 0 Å². The lowest BCUT2D eigenvalue weighted by molar-refractivity contribution is 0.00578. The molecule has 1 aromatic heterocycles. The van der Waals surface area contributed by atoms with Gasteiger partial charge in [0.2, 0.25) is 0 Å². The molecule has 7 heteroatoms. The molecule has 4 rings (SSSR count). The Morgan fingerprint density at radius 3 is 2.24 bits per heavy atom. The van der Waals surface area contributed by atoms with Gasteiger partial charge in [-0.25, -0.2) is 0 Å². The van der Waals surface area contributed by atoms with Crippen molar-refractivity contribution >= 4 is 23.4 Å². The molecule has 0 amide bonds. The van der Waals surface area contributed by atoms with Gasteiger partial charge in [0.25, 0.3) is 0 Å². The highest BCUT2D eigenvalue weighted by Gasteiger charge is 2.53. The third-order valence-electron chi connectivity index (χ3n) is 6.42. The summed E-state index contributed by atoms with van der Waals surface area (Å²) < 4.78 is 24.5. The van der Waals surface area contributed by atoms with Crippen LogP contribution < -0.4 is 5.46 Å². The predicted molar refractivity (Wildman–Crippen MR) is 98.0 cm³/mol. The summed E-state index contributed by atoms with van der Waals surface area (Å²) in [5.74, 6) is 0. The Kier molecular flexibility index (Phi) is 3.97. The topological polar surface area (TPSA) is 68.7 Å². The van der Waals surface area contributed by atoms with Gasteiger partial charge < -0.3 is 14.4 Å². The molecule has 0 radical (unpaired) electrons. The Morgan fingerprint density at radius 2 is 1.68 bits per heavy atom. The quantitative estimate of drug-likeness (QED) is 0.810. The Bertz CT molecular complexity index is 691. The predicted octanol–water partition coefficient (Wildman–Crippen LogP) is 1.64. The van der Waals surface area contributed by atoms with E-state index < -0.39 is 34.7 Å². The Labute approximate surface area is 152 Å². The second kappa shape index (κ2) is 5.62. The first-order valence-electron chi connectivity index (χ1n) is 9.04. The lowest BCUT2D eigenvalue weighted by atomic mass is 9.77. The third kappa shape index (κ3) is 2.80. The fourth-order valence-electron chi connectivity index (χ4n) is 4.14. The minimum Gasteiger partial charge on any atom is -0.399 e. The van der Waals surface area contributed by atoms with E-state index in [1.54, 1.807) is 12.4 Å². The first-order chi connectivity index (χ1) is 11.6. The Hall–Kier alpha value is -0.755. The number of rotatable bonds is 2. The lowest BCUT2D eigenvalue weighted by Gasteiger charge is -2.36. The zero-order chi connectivity index (χ0) is 18.0. The van der Waals surface area contributed by atoms with E-state index in [-0.39, 0.29) is 10.5 Å². The van der Waals surface area contributed by atoms with Gasteiger partial charge in [-0.1, -0.05) is 6.07 Å². The van der Waals surface area contributed by atoms with E-state index >= 15 is 0 Å². The van der Waals surface area contributed by atoms with Crippen LogP contribution in [-0.4, -0.2) is 43.1 Å². The number of pyridine rings is 1. The van der Waals surface area contributed by atoms with Gasteiger partial charge in [0.05, 0.1) is 16.8 Å². The zero-order valence-electron chi connectivity index (χ0n) is 15.3. The monoisotopic (exact) mass is 363 g/mol. The highest BCUT2D eigenvalue weighted by atomic mass is 32.2. The fraction of sp³-hybridized carbons (Fsp3) is 0.722. The molecule has 3 saturated heterocycles. The van der Waals surface area contributed by atoms with E-state index in [2.05, 4.69) is 4.98 Å². The van der Waals surface area contributed by atoms with Crippen LogP contribution in [0.1, 0.15) is 58.9 Å². The molecule has 3 aliphatic heterocycles. The molecular formula is C18H26BNO4S. The number of hydrogen-bond acceptors (Lipinski definition) is 5. The smallest absolute Gasteiger partial charge is 0.399 e. The third-order valence-corrected chi connectivity index (χ3v) is 8.54. The van der Waals surface area contributed by atoms with E-state index in [1.165, 1.54) is 0 Å². The van der Waals surface area contributed by atoms with Gasteiger partial charge in [-0.3, -0.25) is 9.19 Å². The van der Waals surface area contributed by atoms with Crippen LogP contribution in [0.15, 0.2) is 18.5 Å². The number of aromatic nitrogens is 1. The fourth-order valence-corrected chi connectivity index (χ4v) is 6.30. The second-order valence-corrected chi connectivity index (χ2v) is 10.7. The summed E-state index contributed by atoms with van der Waals surface area (Å²) in [7, 11) is -1.29. The number of hydrogen-bond donors (Lipinski definition) is 1. The van der Waals surface area contributed by atoms with Crippen molar-refractivity contribution in [2.45, 2.75) is 80.7 Å². The summed E-state index contributed by atoms with van der Waals surface area (Å²) in [5, 5.41) is 11.5. The van der Waals surface area contributed by atoms with E-state index in [0.29, 0.717) is 12.8 Å². The van der Waals surface area contributed by atoms with Gasteiger partial charge in [-0.15, -0.1) is 0 Å². The molecule has 3 fully saturated rings. The SMILES string of the molecule is CC1(C)OB(c2cncc(C3(O)CC4CCC(C3)S4=O)c2)OC1(C)C. The summed E-state index contributed by atoms with van der Waals surface area (Å²) in [6.45, 7) is 8.08. The maximum atomic E-state index is 12.3. The van der Waals surface area contributed by atoms with E-state index in [4.69, 9.17) is 9.31 Å². The molecule has 1 N–H and O–H groups in total. The molecule has 0 aliphatic carbocycles. The molecule has 0 saturated carbocycles. The molecule has 2 unspecified atom stereocenters. The van der Waals surface area contributed by atoms with Gasteiger partial charge in [0, 0.05) is 44.7 Å². The van der Waals surface area contributed by atoms with Gasteiger partial charge in [-0.2, -0.15) is 0 Å². The molecule has 1 aromatic rings. The van der Waals surface area contributed by atoms with E-state index in [9.17, 15) is 9.32 Å². The normalized spacial score (nSPS) is 38.9. The highest BCUT2D eigenvalue weighted by Crippen LogP contribution is 2.45. The van der Waals surface area contributed by atoms with Gasteiger partial charge in [-0.05, 0) is 53.4 Å². The number of aliphatic hydroxyl groups is 1. The van der Waals surface area contributed by atoms with Gasteiger partial charge in [0.1, 0.15) is 0 Å². The van der Waals surface area contributed by atoms with Crippen molar-refractivity contribution in [2.75, 3.05) is 0 Å². The number of fused-ring (bicyclic) bond motifs is 2. The average Bonchev–Trinajstić information content (AvgIpc) is 2.88. The first kappa shape index (κ1) is 17.6. The lowest BCUT2D eigenvalue weighted by Crippen LogP contribution is -2.42. The van der Waals surface area contributed by atoms with Crippen molar-refractivity contribution in [1.29, 1.82) is 0 Å². The molecule has 0 aromatic carbocycles. The maximum Gasteiger partial charge on any atom is 0.496 e. The minimum absolute atomic E-state index is 0.101. The average molecular weight is 363 g/mol.